The summed E-state index contributed by atoms with van der Waals surface area (Å²) in [6.07, 6.45) is 0.837. The molecule has 0 aliphatic carbocycles. The van der Waals surface area contributed by atoms with Gasteiger partial charge in [-0.15, -0.1) is 0 Å². The van der Waals surface area contributed by atoms with Gasteiger partial charge < -0.3 is 19.4 Å². The number of benzene rings is 1. The van der Waals surface area contributed by atoms with Crippen molar-refractivity contribution in [2.45, 2.75) is 38.8 Å². The minimum Gasteiger partial charge on any atom is -0.453 e. The highest BCUT2D eigenvalue weighted by Crippen LogP contribution is 2.36. The second kappa shape index (κ2) is 7.42. The third-order valence-electron chi connectivity index (χ3n) is 4.23. The van der Waals surface area contributed by atoms with Crippen molar-refractivity contribution in [3.05, 3.63) is 41.9 Å². The standard InChI is InChI=1S/C20H23FN2O4/c1-20(2,3)27-19(25)22-13-9-10-23(11-13)16-6-4-5-15(21)18(16)17-8-7-14(12-24)26-17/h4-8,12-13H,9-11H2,1-3H3,(H,22,25). The van der Waals surface area contributed by atoms with Crippen LogP contribution < -0.4 is 10.2 Å². The lowest BCUT2D eigenvalue weighted by Gasteiger charge is -2.23. The molecule has 2 heterocycles. The molecule has 1 fully saturated rings. The number of furan rings is 1. The second-order valence-electron chi connectivity index (χ2n) is 7.53. The minimum absolute atomic E-state index is 0.0990. The zero-order valence-electron chi connectivity index (χ0n) is 15.6. The van der Waals surface area contributed by atoms with Crippen molar-refractivity contribution in [3.8, 4) is 11.3 Å². The van der Waals surface area contributed by atoms with Gasteiger partial charge in [0.25, 0.3) is 0 Å². The Kier molecular flexibility index (Phi) is 5.21. The van der Waals surface area contributed by atoms with Crippen LogP contribution in [-0.4, -0.2) is 37.1 Å². The molecule has 7 heteroatoms. The molecule has 144 valence electrons. The molecule has 1 saturated heterocycles. The number of hydrogen-bond acceptors (Lipinski definition) is 5. The number of nitrogens with zero attached hydrogens (tertiary/aromatic N) is 1. The fourth-order valence-corrected chi connectivity index (χ4v) is 3.14. The van der Waals surface area contributed by atoms with E-state index in [1.54, 1.807) is 18.2 Å². The van der Waals surface area contributed by atoms with Crippen LogP contribution in [0.25, 0.3) is 11.3 Å². The van der Waals surface area contributed by atoms with E-state index in [1.165, 1.54) is 12.1 Å². The molecule has 1 aliphatic rings. The van der Waals surface area contributed by atoms with Gasteiger partial charge in [0, 0.05) is 13.1 Å². The number of carbonyl (C=O) groups is 2. The van der Waals surface area contributed by atoms with E-state index in [0.29, 0.717) is 42.8 Å². The highest BCUT2D eigenvalue weighted by molar-refractivity contribution is 5.79. The van der Waals surface area contributed by atoms with Gasteiger partial charge in [0.2, 0.25) is 0 Å². The average Bonchev–Trinajstić information content (AvgIpc) is 3.21. The van der Waals surface area contributed by atoms with Gasteiger partial charge in [0.05, 0.1) is 17.3 Å². The summed E-state index contributed by atoms with van der Waals surface area (Å²) in [5.74, 6) is 0.0155. The predicted octanol–water partition coefficient (Wildman–Crippen LogP) is 4.00. The first-order valence-corrected chi connectivity index (χ1v) is 8.85. The van der Waals surface area contributed by atoms with Crippen LogP contribution in [0.3, 0.4) is 0 Å². The third kappa shape index (κ3) is 4.48. The Labute approximate surface area is 157 Å². The van der Waals surface area contributed by atoms with Gasteiger partial charge >= 0.3 is 6.09 Å². The number of anilines is 1. The van der Waals surface area contributed by atoms with E-state index in [9.17, 15) is 14.0 Å². The Morgan fingerprint density at radius 2 is 2.11 bits per heavy atom. The van der Waals surface area contributed by atoms with Crippen molar-refractivity contribution in [3.63, 3.8) is 0 Å². The van der Waals surface area contributed by atoms with Gasteiger partial charge in [-0.3, -0.25) is 4.79 Å². The predicted molar refractivity (Wildman–Crippen MR) is 99.5 cm³/mol. The van der Waals surface area contributed by atoms with Gasteiger partial charge in [0.1, 0.15) is 17.2 Å². The molecule has 0 spiro atoms. The molecule has 0 radical (unpaired) electrons. The SMILES string of the molecule is CC(C)(C)OC(=O)NC1CCN(c2cccc(F)c2-c2ccc(C=O)o2)C1. The number of hydrogen-bond donors (Lipinski definition) is 1. The van der Waals surface area contributed by atoms with E-state index < -0.39 is 17.5 Å². The van der Waals surface area contributed by atoms with E-state index in [2.05, 4.69) is 5.32 Å². The highest BCUT2D eigenvalue weighted by Gasteiger charge is 2.29. The lowest BCUT2D eigenvalue weighted by atomic mass is 10.1. The van der Waals surface area contributed by atoms with Crippen molar-refractivity contribution in [1.82, 2.24) is 5.32 Å². The minimum atomic E-state index is -0.562. The summed E-state index contributed by atoms with van der Waals surface area (Å²) in [5.41, 5.74) is 0.409. The Bertz CT molecular complexity index is 841. The Morgan fingerprint density at radius 3 is 2.78 bits per heavy atom. The molecule has 3 rings (SSSR count). The monoisotopic (exact) mass is 374 g/mol. The zero-order valence-corrected chi connectivity index (χ0v) is 15.6. The van der Waals surface area contributed by atoms with Crippen LogP contribution in [0.5, 0.6) is 0 Å². The first-order valence-electron chi connectivity index (χ1n) is 8.85. The number of nitrogens with one attached hydrogen (secondary N) is 1. The maximum absolute atomic E-state index is 14.5. The van der Waals surface area contributed by atoms with Gasteiger partial charge in [-0.1, -0.05) is 6.07 Å². The summed E-state index contributed by atoms with van der Waals surface area (Å²) in [7, 11) is 0. The maximum atomic E-state index is 14.5. The van der Waals surface area contributed by atoms with E-state index in [4.69, 9.17) is 9.15 Å². The van der Waals surface area contributed by atoms with Gasteiger partial charge in [-0.25, -0.2) is 9.18 Å². The van der Waals surface area contributed by atoms with Crippen LogP contribution >= 0.6 is 0 Å². The first-order chi connectivity index (χ1) is 12.8. The Balaban J connectivity index is 1.77. The van der Waals surface area contributed by atoms with Gasteiger partial charge in [-0.2, -0.15) is 0 Å². The summed E-state index contributed by atoms with van der Waals surface area (Å²) in [6.45, 7) is 6.60. The lowest BCUT2D eigenvalue weighted by molar-refractivity contribution is 0.0509. The van der Waals surface area contributed by atoms with Crippen LogP contribution in [0, 0.1) is 5.82 Å². The van der Waals surface area contributed by atoms with Crippen molar-refractivity contribution in [2.24, 2.45) is 0 Å². The smallest absolute Gasteiger partial charge is 0.407 e. The number of alkyl carbamates (subject to hydrolysis) is 1. The van der Waals surface area contributed by atoms with Crippen molar-refractivity contribution >= 4 is 18.1 Å². The summed E-state index contributed by atoms with van der Waals surface area (Å²) >= 11 is 0. The molecule has 1 aromatic carbocycles. The summed E-state index contributed by atoms with van der Waals surface area (Å²) in [4.78, 5) is 24.8. The quantitative estimate of drug-likeness (QED) is 0.819. The van der Waals surface area contributed by atoms with E-state index in [1.807, 2.05) is 25.7 Å². The zero-order chi connectivity index (χ0) is 19.6. The van der Waals surface area contributed by atoms with Crippen molar-refractivity contribution in [1.29, 1.82) is 0 Å². The molecule has 1 aliphatic heterocycles. The molecule has 1 atom stereocenters. The Hall–Kier alpha value is -2.83. The topological polar surface area (TPSA) is 71.8 Å². The molecule has 27 heavy (non-hydrogen) atoms. The van der Waals surface area contributed by atoms with E-state index in [0.717, 1.165) is 0 Å². The normalized spacial score (nSPS) is 17.0. The van der Waals surface area contributed by atoms with Crippen molar-refractivity contribution in [2.75, 3.05) is 18.0 Å². The molecular weight excluding hydrogens is 351 g/mol. The largest absolute Gasteiger partial charge is 0.453 e. The third-order valence-corrected chi connectivity index (χ3v) is 4.23. The molecule has 0 bridgehead atoms. The molecule has 2 aromatic rings. The summed E-state index contributed by atoms with van der Waals surface area (Å²) in [6, 6.07) is 7.78. The number of aldehydes is 1. The average molecular weight is 374 g/mol. The van der Waals surface area contributed by atoms with Gasteiger partial charge in [0.15, 0.2) is 12.0 Å². The van der Waals surface area contributed by atoms with Crippen LogP contribution in [0.1, 0.15) is 37.7 Å². The molecule has 1 aromatic heterocycles. The van der Waals surface area contributed by atoms with Gasteiger partial charge in [-0.05, 0) is 51.5 Å². The molecular formula is C20H23FN2O4. The lowest BCUT2D eigenvalue weighted by Crippen LogP contribution is -2.40. The molecule has 1 amide bonds. The number of carbonyl (C=O) groups excluding carboxylic acids is 2. The highest BCUT2D eigenvalue weighted by atomic mass is 19.1. The van der Waals surface area contributed by atoms with Crippen LogP contribution in [0.4, 0.5) is 14.9 Å². The second-order valence-corrected chi connectivity index (χ2v) is 7.53. The number of amides is 1. The number of rotatable bonds is 4. The molecule has 1 N–H and O–H groups in total. The fraction of sp³-hybridized carbons (Fsp3) is 0.400. The van der Waals surface area contributed by atoms with Crippen LogP contribution in [0.2, 0.25) is 0 Å². The Morgan fingerprint density at radius 1 is 1.33 bits per heavy atom. The summed E-state index contributed by atoms with van der Waals surface area (Å²) < 4.78 is 25.2. The number of halogens is 1. The van der Waals surface area contributed by atoms with Crippen LogP contribution in [0.15, 0.2) is 34.7 Å². The number of ether oxygens (including phenoxy) is 1. The molecule has 6 nitrogen and oxygen atoms in total. The molecule has 1 unspecified atom stereocenters. The van der Waals surface area contributed by atoms with Crippen molar-refractivity contribution < 1.29 is 23.1 Å². The maximum Gasteiger partial charge on any atom is 0.407 e. The fourth-order valence-electron chi connectivity index (χ4n) is 3.14. The van der Waals surface area contributed by atoms with Crippen LogP contribution in [-0.2, 0) is 4.74 Å². The molecule has 0 saturated carbocycles. The van der Waals surface area contributed by atoms with E-state index in [-0.39, 0.29) is 11.8 Å². The van der Waals surface area contributed by atoms with E-state index >= 15 is 0 Å². The first kappa shape index (κ1) is 18.9. The summed E-state index contributed by atoms with van der Waals surface area (Å²) in [5, 5.41) is 2.86.